The molecule has 2 aromatic carbocycles. The van der Waals surface area contributed by atoms with Crippen molar-refractivity contribution in [3.63, 3.8) is 0 Å². The van der Waals surface area contributed by atoms with Gasteiger partial charge in [-0.15, -0.1) is 0 Å². The Hall–Kier alpha value is -2.27. The van der Waals surface area contributed by atoms with Crippen LogP contribution in [0.3, 0.4) is 0 Å². The largest absolute Gasteiger partial charge is 0.333 e. The van der Waals surface area contributed by atoms with E-state index in [-0.39, 0.29) is 5.91 Å². The predicted octanol–water partition coefficient (Wildman–Crippen LogP) is 3.67. The molecule has 0 fully saturated rings. The molecule has 1 aromatic heterocycles. The van der Waals surface area contributed by atoms with Crippen LogP contribution in [0.1, 0.15) is 6.92 Å². The van der Waals surface area contributed by atoms with E-state index >= 15 is 0 Å². The Labute approximate surface area is 120 Å². The Kier molecular flexibility index (Phi) is 3.43. The lowest BCUT2D eigenvalue weighted by Crippen LogP contribution is -2.05. The van der Waals surface area contributed by atoms with Crippen LogP contribution in [0.4, 0.5) is 5.69 Å². The molecule has 0 aliphatic rings. The van der Waals surface area contributed by atoms with Crippen molar-refractivity contribution in [1.82, 2.24) is 9.97 Å². The molecule has 5 heteroatoms. The van der Waals surface area contributed by atoms with Gasteiger partial charge in [-0.25, -0.2) is 4.98 Å². The quantitative estimate of drug-likeness (QED) is 0.771. The molecular formula is C15H13N3OS. The molecule has 2 N–H and O–H groups in total. The van der Waals surface area contributed by atoms with Gasteiger partial charge in [-0.3, -0.25) is 4.79 Å². The lowest BCUT2D eigenvalue weighted by atomic mass is 10.3. The van der Waals surface area contributed by atoms with Crippen LogP contribution in [0, 0.1) is 0 Å². The van der Waals surface area contributed by atoms with E-state index < -0.39 is 0 Å². The molecule has 0 aliphatic carbocycles. The molecule has 3 aromatic rings. The van der Waals surface area contributed by atoms with E-state index in [2.05, 4.69) is 15.3 Å². The minimum atomic E-state index is -0.0670. The first kappa shape index (κ1) is 12.7. The molecular weight excluding hydrogens is 270 g/mol. The van der Waals surface area contributed by atoms with E-state index in [0.29, 0.717) is 0 Å². The molecule has 0 saturated heterocycles. The van der Waals surface area contributed by atoms with Gasteiger partial charge in [-0.1, -0.05) is 23.9 Å². The van der Waals surface area contributed by atoms with Gasteiger partial charge in [0.1, 0.15) is 0 Å². The summed E-state index contributed by atoms with van der Waals surface area (Å²) in [5.74, 6) is -0.0670. The molecule has 0 saturated carbocycles. The van der Waals surface area contributed by atoms with Gasteiger partial charge in [0.2, 0.25) is 5.91 Å². The maximum Gasteiger partial charge on any atom is 0.221 e. The number of nitrogens with one attached hydrogen (secondary N) is 2. The Morgan fingerprint density at radius 3 is 2.60 bits per heavy atom. The number of imidazole rings is 1. The molecule has 0 atom stereocenters. The molecule has 0 radical (unpaired) electrons. The molecule has 3 rings (SSSR count). The summed E-state index contributed by atoms with van der Waals surface area (Å²) in [6.45, 7) is 1.50. The number of benzene rings is 2. The number of carbonyl (C=O) groups is 1. The number of hydrogen-bond acceptors (Lipinski definition) is 3. The van der Waals surface area contributed by atoms with E-state index in [9.17, 15) is 4.79 Å². The minimum absolute atomic E-state index is 0.0670. The first-order valence-electron chi connectivity index (χ1n) is 6.21. The molecule has 0 spiro atoms. The Balaban J connectivity index is 1.78. The van der Waals surface area contributed by atoms with E-state index in [1.165, 1.54) is 6.92 Å². The van der Waals surface area contributed by atoms with Crippen LogP contribution in [0.2, 0.25) is 0 Å². The zero-order valence-electron chi connectivity index (χ0n) is 10.9. The lowest BCUT2D eigenvalue weighted by Gasteiger charge is -2.02. The van der Waals surface area contributed by atoms with Gasteiger partial charge in [0, 0.05) is 17.5 Å². The number of amides is 1. The van der Waals surface area contributed by atoms with Gasteiger partial charge in [0.05, 0.1) is 11.0 Å². The van der Waals surface area contributed by atoms with E-state index in [4.69, 9.17) is 0 Å². The Morgan fingerprint density at radius 1 is 1.15 bits per heavy atom. The second-order valence-electron chi connectivity index (χ2n) is 4.37. The number of para-hydroxylation sites is 2. The fourth-order valence-electron chi connectivity index (χ4n) is 1.90. The topological polar surface area (TPSA) is 57.8 Å². The van der Waals surface area contributed by atoms with E-state index in [1.807, 2.05) is 48.5 Å². The summed E-state index contributed by atoms with van der Waals surface area (Å²) in [7, 11) is 0. The number of H-pyrrole nitrogens is 1. The molecule has 0 aliphatic heterocycles. The smallest absolute Gasteiger partial charge is 0.221 e. The van der Waals surface area contributed by atoms with Crippen molar-refractivity contribution in [2.45, 2.75) is 17.0 Å². The van der Waals surface area contributed by atoms with Gasteiger partial charge in [0.25, 0.3) is 0 Å². The molecule has 1 amide bonds. The fraction of sp³-hybridized carbons (Fsp3) is 0.0667. The number of rotatable bonds is 3. The third-order valence-corrected chi connectivity index (χ3v) is 3.65. The van der Waals surface area contributed by atoms with Crippen molar-refractivity contribution in [2.75, 3.05) is 5.32 Å². The predicted molar refractivity (Wildman–Crippen MR) is 81.0 cm³/mol. The normalized spacial score (nSPS) is 10.7. The number of aromatic amines is 1. The first-order valence-corrected chi connectivity index (χ1v) is 7.02. The Morgan fingerprint density at radius 2 is 1.90 bits per heavy atom. The lowest BCUT2D eigenvalue weighted by molar-refractivity contribution is -0.114. The van der Waals surface area contributed by atoms with Crippen LogP contribution in [-0.4, -0.2) is 15.9 Å². The van der Waals surface area contributed by atoms with Gasteiger partial charge in [-0.2, -0.15) is 0 Å². The number of nitrogens with zero attached hydrogens (tertiary/aromatic N) is 1. The average Bonchev–Trinajstić information content (AvgIpc) is 2.82. The number of carbonyl (C=O) groups excluding carboxylic acids is 1. The molecule has 4 nitrogen and oxygen atoms in total. The van der Waals surface area contributed by atoms with Crippen LogP contribution in [0.15, 0.2) is 58.6 Å². The Bertz CT molecular complexity index is 716. The third kappa shape index (κ3) is 2.83. The van der Waals surface area contributed by atoms with Gasteiger partial charge < -0.3 is 10.3 Å². The van der Waals surface area contributed by atoms with Crippen LogP contribution in [-0.2, 0) is 4.79 Å². The highest BCUT2D eigenvalue weighted by Gasteiger charge is 2.04. The standard InChI is InChI=1S/C15H13N3OS/c1-10(19)16-11-6-8-12(9-7-11)20-15-17-13-4-2-3-5-14(13)18-15/h2-9H,1H3,(H,16,19)(H,17,18). The summed E-state index contributed by atoms with van der Waals surface area (Å²) < 4.78 is 0. The number of fused-ring (bicyclic) bond motifs is 1. The summed E-state index contributed by atoms with van der Waals surface area (Å²) in [4.78, 5) is 19.8. The summed E-state index contributed by atoms with van der Waals surface area (Å²) in [6, 6.07) is 15.6. The van der Waals surface area contributed by atoms with Crippen LogP contribution in [0.25, 0.3) is 11.0 Å². The highest BCUT2D eigenvalue weighted by atomic mass is 32.2. The highest BCUT2D eigenvalue weighted by Crippen LogP contribution is 2.28. The summed E-state index contributed by atoms with van der Waals surface area (Å²) in [5, 5.41) is 3.61. The van der Waals surface area contributed by atoms with Crippen LogP contribution < -0.4 is 5.32 Å². The summed E-state index contributed by atoms with van der Waals surface area (Å²) in [5.41, 5.74) is 2.79. The van der Waals surface area contributed by atoms with Crippen molar-refractivity contribution in [3.05, 3.63) is 48.5 Å². The highest BCUT2D eigenvalue weighted by molar-refractivity contribution is 7.99. The monoisotopic (exact) mass is 283 g/mol. The van der Waals surface area contributed by atoms with Crippen molar-refractivity contribution < 1.29 is 4.79 Å². The maximum absolute atomic E-state index is 11.0. The first-order chi connectivity index (χ1) is 9.70. The zero-order valence-corrected chi connectivity index (χ0v) is 11.7. The van der Waals surface area contributed by atoms with Gasteiger partial charge in [-0.05, 0) is 36.4 Å². The second kappa shape index (κ2) is 5.38. The number of aromatic nitrogens is 2. The fourth-order valence-corrected chi connectivity index (χ4v) is 2.70. The number of hydrogen-bond donors (Lipinski definition) is 2. The minimum Gasteiger partial charge on any atom is -0.333 e. The van der Waals surface area contributed by atoms with Gasteiger partial charge in [0.15, 0.2) is 5.16 Å². The average molecular weight is 283 g/mol. The van der Waals surface area contributed by atoms with E-state index in [1.54, 1.807) is 11.8 Å². The molecule has 100 valence electrons. The van der Waals surface area contributed by atoms with Gasteiger partial charge >= 0.3 is 0 Å². The molecule has 20 heavy (non-hydrogen) atoms. The van der Waals surface area contributed by atoms with Crippen LogP contribution in [0.5, 0.6) is 0 Å². The molecule has 1 heterocycles. The zero-order chi connectivity index (χ0) is 13.9. The molecule has 0 bridgehead atoms. The molecule has 0 unspecified atom stereocenters. The SMILES string of the molecule is CC(=O)Nc1ccc(Sc2nc3ccccc3[nH]2)cc1. The third-order valence-electron chi connectivity index (χ3n) is 2.76. The van der Waals surface area contributed by atoms with E-state index in [0.717, 1.165) is 26.8 Å². The van der Waals surface area contributed by atoms with Crippen molar-refractivity contribution in [3.8, 4) is 0 Å². The van der Waals surface area contributed by atoms with Crippen molar-refractivity contribution in [1.29, 1.82) is 0 Å². The summed E-state index contributed by atoms with van der Waals surface area (Å²) in [6.07, 6.45) is 0. The van der Waals surface area contributed by atoms with Crippen molar-refractivity contribution in [2.24, 2.45) is 0 Å². The second-order valence-corrected chi connectivity index (χ2v) is 5.43. The van der Waals surface area contributed by atoms with Crippen molar-refractivity contribution >= 4 is 34.4 Å². The number of anilines is 1. The maximum atomic E-state index is 11.0. The van der Waals surface area contributed by atoms with Crippen LogP contribution >= 0.6 is 11.8 Å². The summed E-state index contributed by atoms with van der Waals surface area (Å²) >= 11 is 1.56.